The first-order valence-corrected chi connectivity index (χ1v) is 5.11. The summed E-state index contributed by atoms with van der Waals surface area (Å²) in [7, 11) is 1.34. The SMILES string of the molecule is C.COC(=O)C(N)Cc1c[nH]c2ccccc12. The van der Waals surface area contributed by atoms with E-state index in [1.54, 1.807) is 0 Å². The maximum Gasteiger partial charge on any atom is 0.322 e. The zero-order chi connectivity index (χ0) is 11.5. The van der Waals surface area contributed by atoms with Crippen molar-refractivity contribution in [2.24, 2.45) is 5.73 Å². The van der Waals surface area contributed by atoms with Gasteiger partial charge in [-0.15, -0.1) is 0 Å². The summed E-state index contributed by atoms with van der Waals surface area (Å²) in [5.74, 6) is -0.384. The first-order chi connectivity index (χ1) is 7.72. The van der Waals surface area contributed by atoms with Crippen molar-refractivity contribution in [2.45, 2.75) is 19.9 Å². The molecule has 0 fully saturated rings. The fraction of sp³-hybridized carbons (Fsp3) is 0.308. The van der Waals surface area contributed by atoms with Crippen molar-refractivity contribution in [1.82, 2.24) is 4.98 Å². The molecule has 0 amide bonds. The summed E-state index contributed by atoms with van der Waals surface area (Å²) >= 11 is 0. The van der Waals surface area contributed by atoms with E-state index < -0.39 is 6.04 Å². The van der Waals surface area contributed by atoms with E-state index in [1.165, 1.54) is 7.11 Å². The number of benzene rings is 1. The Morgan fingerprint density at radius 2 is 2.18 bits per heavy atom. The number of carbonyl (C=O) groups is 1. The number of methoxy groups -OCH3 is 1. The van der Waals surface area contributed by atoms with Crippen LogP contribution >= 0.6 is 0 Å². The summed E-state index contributed by atoms with van der Waals surface area (Å²) < 4.78 is 4.60. The molecule has 2 rings (SSSR count). The van der Waals surface area contributed by atoms with Gasteiger partial charge in [-0.3, -0.25) is 4.79 Å². The normalized spacial score (nSPS) is 11.9. The lowest BCUT2D eigenvalue weighted by atomic mass is 10.1. The number of para-hydroxylation sites is 1. The van der Waals surface area contributed by atoms with Gasteiger partial charge in [-0.25, -0.2) is 0 Å². The zero-order valence-electron chi connectivity index (χ0n) is 9.07. The van der Waals surface area contributed by atoms with E-state index in [4.69, 9.17) is 5.73 Å². The average Bonchev–Trinajstić information content (AvgIpc) is 2.72. The second-order valence-corrected chi connectivity index (χ2v) is 3.69. The summed E-state index contributed by atoms with van der Waals surface area (Å²) in [5.41, 5.74) is 7.81. The van der Waals surface area contributed by atoms with Crippen molar-refractivity contribution in [2.75, 3.05) is 7.11 Å². The van der Waals surface area contributed by atoms with Gasteiger partial charge in [-0.1, -0.05) is 25.6 Å². The molecule has 0 saturated heterocycles. The largest absolute Gasteiger partial charge is 0.468 e. The number of aromatic nitrogens is 1. The number of hydrogen-bond acceptors (Lipinski definition) is 3. The molecule has 1 unspecified atom stereocenters. The van der Waals surface area contributed by atoms with Gasteiger partial charge in [0.2, 0.25) is 0 Å². The molecule has 0 aliphatic carbocycles. The summed E-state index contributed by atoms with van der Waals surface area (Å²) in [6.45, 7) is 0. The summed E-state index contributed by atoms with van der Waals surface area (Å²) in [5, 5.41) is 1.10. The summed E-state index contributed by atoms with van der Waals surface area (Å²) in [6.07, 6.45) is 2.37. The molecule has 0 aliphatic rings. The van der Waals surface area contributed by atoms with Gasteiger partial charge in [0.1, 0.15) is 6.04 Å². The van der Waals surface area contributed by atoms with Gasteiger partial charge in [-0.2, -0.15) is 0 Å². The highest BCUT2D eigenvalue weighted by atomic mass is 16.5. The third-order valence-corrected chi connectivity index (χ3v) is 2.62. The Morgan fingerprint density at radius 1 is 1.47 bits per heavy atom. The lowest BCUT2D eigenvalue weighted by molar-refractivity contribution is -0.142. The molecule has 1 aromatic heterocycles. The molecule has 0 saturated carbocycles. The number of esters is 1. The first-order valence-electron chi connectivity index (χ1n) is 5.11. The molecular weight excluding hydrogens is 216 g/mol. The summed E-state index contributed by atoms with van der Waals surface area (Å²) in [4.78, 5) is 14.4. The Kier molecular flexibility index (Phi) is 4.29. The maximum absolute atomic E-state index is 11.2. The maximum atomic E-state index is 11.2. The van der Waals surface area contributed by atoms with Crippen LogP contribution in [-0.2, 0) is 16.0 Å². The van der Waals surface area contributed by atoms with E-state index in [9.17, 15) is 4.79 Å². The second-order valence-electron chi connectivity index (χ2n) is 3.69. The highest BCUT2D eigenvalue weighted by Gasteiger charge is 2.16. The highest BCUT2D eigenvalue weighted by molar-refractivity contribution is 5.84. The van der Waals surface area contributed by atoms with Gasteiger partial charge < -0.3 is 15.5 Å². The van der Waals surface area contributed by atoms with Crippen molar-refractivity contribution in [3.05, 3.63) is 36.0 Å². The molecule has 1 heterocycles. The third-order valence-electron chi connectivity index (χ3n) is 2.62. The van der Waals surface area contributed by atoms with Crippen molar-refractivity contribution >= 4 is 16.9 Å². The average molecular weight is 234 g/mol. The van der Waals surface area contributed by atoms with Gasteiger partial charge in [0.15, 0.2) is 0 Å². The van der Waals surface area contributed by atoms with Crippen LogP contribution in [0.1, 0.15) is 13.0 Å². The fourth-order valence-electron chi connectivity index (χ4n) is 1.77. The van der Waals surface area contributed by atoms with Gasteiger partial charge >= 0.3 is 5.97 Å². The van der Waals surface area contributed by atoms with Crippen LogP contribution in [0.5, 0.6) is 0 Å². The van der Waals surface area contributed by atoms with Crippen LogP contribution in [0, 0.1) is 0 Å². The monoisotopic (exact) mass is 234 g/mol. The standard InChI is InChI=1S/C12H14N2O2.CH4/c1-16-12(15)10(13)6-8-7-14-11-5-3-2-4-9(8)11;/h2-5,7,10,14H,6,13H2,1H3;1H4. The number of H-pyrrole nitrogens is 1. The van der Waals surface area contributed by atoms with E-state index in [1.807, 2.05) is 30.5 Å². The van der Waals surface area contributed by atoms with Crippen LogP contribution in [0.3, 0.4) is 0 Å². The molecule has 4 nitrogen and oxygen atoms in total. The van der Waals surface area contributed by atoms with Gasteiger partial charge in [0.25, 0.3) is 0 Å². The predicted octanol–water partition coefficient (Wildman–Crippen LogP) is 1.85. The van der Waals surface area contributed by atoms with Crippen molar-refractivity contribution in [3.8, 4) is 0 Å². The van der Waals surface area contributed by atoms with Gasteiger partial charge in [0, 0.05) is 23.5 Å². The number of rotatable bonds is 3. The van der Waals surface area contributed by atoms with Crippen LogP contribution in [0.2, 0.25) is 0 Å². The van der Waals surface area contributed by atoms with E-state index >= 15 is 0 Å². The topological polar surface area (TPSA) is 68.1 Å². The van der Waals surface area contributed by atoms with Crippen molar-refractivity contribution < 1.29 is 9.53 Å². The molecule has 4 heteroatoms. The second kappa shape index (κ2) is 5.50. The number of nitrogens with one attached hydrogen (secondary N) is 1. The van der Waals surface area contributed by atoms with E-state index in [0.717, 1.165) is 16.5 Å². The molecule has 17 heavy (non-hydrogen) atoms. The zero-order valence-corrected chi connectivity index (χ0v) is 9.07. The number of nitrogens with two attached hydrogens (primary N) is 1. The van der Waals surface area contributed by atoms with Crippen molar-refractivity contribution in [1.29, 1.82) is 0 Å². The Bertz CT molecular complexity index is 505. The van der Waals surface area contributed by atoms with Crippen LogP contribution in [0.15, 0.2) is 30.5 Å². The number of hydrogen-bond donors (Lipinski definition) is 2. The van der Waals surface area contributed by atoms with E-state index in [0.29, 0.717) is 6.42 Å². The minimum absolute atomic E-state index is 0. The quantitative estimate of drug-likeness (QED) is 0.796. The van der Waals surface area contributed by atoms with Crippen LogP contribution < -0.4 is 5.73 Å². The van der Waals surface area contributed by atoms with Crippen LogP contribution in [0.25, 0.3) is 10.9 Å². The molecule has 0 radical (unpaired) electrons. The minimum Gasteiger partial charge on any atom is -0.468 e. The third kappa shape index (κ3) is 2.65. The molecule has 2 aromatic rings. The molecular formula is C13H18N2O2. The van der Waals surface area contributed by atoms with Crippen molar-refractivity contribution in [3.63, 3.8) is 0 Å². The molecule has 92 valence electrons. The number of aromatic amines is 1. The minimum atomic E-state index is -0.607. The number of carbonyl (C=O) groups excluding carboxylic acids is 1. The van der Waals surface area contributed by atoms with Gasteiger partial charge in [0.05, 0.1) is 7.11 Å². The lowest BCUT2D eigenvalue weighted by Crippen LogP contribution is -2.33. The fourth-order valence-corrected chi connectivity index (χ4v) is 1.77. The number of ether oxygens (including phenoxy) is 1. The molecule has 3 N–H and O–H groups in total. The Balaban J connectivity index is 0.00000144. The predicted molar refractivity (Wildman–Crippen MR) is 68.7 cm³/mol. The molecule has 1 aromatic carbocycles. The van der Waals surface area contributed by atoms with E-state index in [2.05, 4.69) is 9.72 Å². The van der Waals surface area contributed by atoms with E-state index in [-0.39, 0.29) is 13.4 Å². The molecule has 0 spiro atoms. The number of fused-ring (bicyclic) bond motifs is 1. The summed E-state index contributed by atoms with van der Waals surface area (Å²) in [6, 6.07) is 7.31. The molecule has 0 aliphatic heterocycles. The lowest BCUT2D eigenvalue weighted by Gasteiger charge is -2.07. The Labute approximate surface area is 101 Å². The van der Waals surface area contributed by atoms with Gasteiger partial charge in [-0.05, 0) is 11.6 Å². The van der Waals surface area contributed by atoms with Crippen LogP contribution in [-0.4, -0.2) is 24.1 Å². The smallest absolute Gasteiger partial charge is 0.322 e. The highest BCUT2D eigenvalue weighted by Crippen LogP contribution is 2.18. The Hall–Kier alpha value is -1.81. The molecule has 1 atom stereocenters. The van der Waals surface area contributed by atoms with Crippen LogP contribution in [0.4, 0.5) is 0 Å². The first kappa shape index (κ1) is 13.3. The Morgan fingerprint density at radius 3 is 2.88 bits per heavy atom. The molecule has 0 bridgehead atoms.